The number of hydrogen-bond donors (Lipinski definition) is 3. The Morgan fingerprint density at radius 3 is 0.687 bits per heavy atom. The molecule has 17 nitrogen and oxygen atoms in total. The van der Waals surface area contributed by atoms with Gasteiger partial charge >= 0.3 is 39.5 Å². The molecule has 0 aromatic rings. The Labute approximate surface area is 607 Å². The molecule has 0 aliphatic rings. The molecule has 0 aromatic carbocycles. The summed E-state index contributed by atoms with van der Waals surface area (Å²) in [7, 11) is -9.91. The number of esters is 4. The average Bonchev–Trinajstić information content (AvgIpc) is 1.76. The van der Waals surface area contributed by atoms with Crippen molar-refractivity contribution in [1.82, 2.24) is 0 Å². The lowest BCUT2D eigenvalue weighted by molar-refractivity contribution is -0.161. The molecule has 0 aromatic heterocycles. The van der Waals surface area contributed by atoms with E-state index in [1.165, 1.54) is 250 Å². The first kappa shape index (κ1) is 97.1. The molecule has 3 N–H and O–H groups in total. The molecule has 0 aliphatic carbocycles. The van der Waals surface area contributed by atoms with Crippen molar-refractivity contribution in [3.05, 3.63) is 0 Å². The molecule has 0 aliphatic heterocycles. The first-order valence-electron chi connectivity index (χ1n) is 41.6. The van der Waals surface area contributed by atoms with Gasteiger partial charge in [-0.25, -0.2) is 9.13 Å². The van der Waals surface area contributed by atoms with E-state index in [9.17, 15) is 43.2 Å². The van der Waals surface area contributed by atoms with Crippen molar-refractivity contribution in [2.45, 2.75) is 445 Å². The molecule has 2 unspecified atom stereocenters. The zero-order valence-electron chi connectivity index (χ0n) is 64.6. The van der Waals surface area contributed by atoms with Crippen molar-refractivity contribution in [2.75, 3.05) is 39.6 Å². The Balaban J connectivity index is 5.22. The summed E-state index contributed by atoms with van der Waals surface area (Å²) in [6.07, 6.45) is 63.8. The van der Waals surface area contributed by atoms with Crippen molar-refractivity contribution in [3.63, 3.8) is 0 Å². The highest BCUT2D eigenvalue weighted by molar-refractivity contribution is 7.47. The van der Waals surface area contributed by atoms with Gasteiger partial charge in [-0.05, 0) is 31.6 Å². The van der Waals surface area contributed by atoms with E-state index in [1.807, 2.05) is 0 Å². The maximum atomic E-state index is 13.1. The summed E-state index contributed by atoms with van der Waals surface area (Å²) in [4.78, 5) is 72.9. The topological polar surface area (TPSA) is 237 Å². The van der Waals surface area contributed by atoms with Gasteiger partial charge in [-0.2, -0.15) is 0 Å². The van der Waals surface area contributed by atoms with Crippen LogP contribution in [0.1, 0.15) is 426 Å². The molecule has 0 fully saturated rings. The van der Waals surface area contributed by atoms with E-state index in [2.05, 4.69) is 34.6 Å². The summed E-state index contributed by atoms with van der Waals surface area (Å²) in [6, 6.07) is 0. The molecular formula is C80H156O17P2. The van der Waals surface area contributed by atoms with Gasteiger partial charge in [0.2, 0.25) is 0 Å². The van der Waals surface area contributed by atoms with E-state index in [0.29, 0.717) is 25.7 Å². The van der Waals surface area contributed by atoms with E-state index in [1.54, 1.807) is 0 Å². The maximum Gasteiger partial charge on any atom is 0.472 e. The van der Waals surface area contributed by atoms with Gasteiger partial charge in [0.1, 0.15) is 19.3 Å². The summed E-state index contributed by atoms with van der Waals surface area (Å²) < 4.78 is 68.7. The zero-order chi connectivity index (χ0) is 72.7. The van der Waals surface area contributed by atoms with Crippen molar-refractivity contribution in [2.24, 2.45) is 5.92 Å². The molecule has 99 heavy (non-hydrogen) atoms. The highest BCUT2D eigenvalue weighted by Crippen LogP contribution is 2.45. The van der Waals surface area contributed by atoms with E-state index in [0.717, 1.165) is 95.8 Å². The number of hydrogen-bond acceptors (Lipinski definition) is 15. The summed E-state index contributed by atoms with van der Waals surface area (Å²) >= 11 is 0. The fourth-order valence-electron chi connectivity index (χ4n) is 12.4. The third-order valence-electron chi connectivity index (χ3n) is 18.8. The predicted molar refractivity (Wildman–Crippen MR) is 405 cm³/mol. The van der Waals surface area contributed by atoms with Gasteiger partial charge in [0, 0.05) is 25.7 Å². The number of aliphatic hydroxyl groups excluding tert-OH is 1. The van der Waals surface area contributed by atoms with Gasteiger partial charge in [-0.1, -0.05) is 375 Å². The monoisotopic (exact) mass is 1450 g/mol. The highest BCUT2D eigenvalue weighted by Gasteiger charge is 2.30. The third-order valence-corrected chi connectivity index (χ3v) is 20.7. The van der Waals surface area contributed by atoms with Gasteiger partial charge < -0.3 is 33.8 Å². The van der Waals surface area contributed by atoms with Crippen LogP contribution in [0, 0.1) is 5.92 Å². The summed E-state index contributed by atoms with van der Waals surface area (Å²) in [6.45, 7) is 7.34. The zero-order valence-corrected chi connectivity index (χ0v) is 66.4. The van der Waals surface area contributed by atoms with E-state index < -0.39 is 97.5 Å². The van der Waals surface area contributed by atoms with E-state index in [4.69, 9.17) is 37.0 Å². The largest absolute Gasteiger partial charge is 0.472 e. The lowest BCUT2D eigenvalue weighted by Gasteiger charge is -2.21. The van der Waals surface area contributed by atoms with Crippen molar-refractivity contribution >= 4 is 39.5 Å². The van der Waals surface area contributed by atoms with E-state index in [-0.39, 0.29) is 25.7 Å². The number of aliphatic hydroxyl groups is 1. The molecule has 0 rings (SSSR count). The van der Waals surface area contributed by atoms with Crippen LogP contribution in [0.5, 0.6) is 0 Å². The second-order valence-electron chi connectivity index (χ2n) is 29.3. The summed E-state index contributed by atoms with van der Waals surface area (Å²) in [5.41, 5.74) is 0. The normalized spacial score (nSPS) is 13.9. The summed E-state index contributed by atoms with van der Waals surface area (Å²) in [5, 5.41) is 10.6. The fourth-order valence-corrected chi connectivity index (χ4v) is 14.0. The minimum absolute atomic E-state index is 0.108. The van der Waals surface area contributed by atoms with Crippen LogP contribution >= 0.6 is 15.6 Å². The SMILES string of the molecule is CCCCCCCCCCCCCCCCCCCCCC(=O)O[C@H](COC(=O)CCCCCCCCCCCCCCCCCC(C)C)COP(=O)(O)OC[C@@H](O)COP(=O)(O)OC[C@@H](COC(=O)CCCCCCCCCCCC)OC(=O)CCCCCCCCCCCCCC. The Morgan fingerprint density at radius 2 is 0.465 bits per heavy atom. The van der Waals surface area contributed by atoms with Gasteiger partial charge in [-0.15, -0.1) is 0 Å². The standard InChI is InChI=1S/C80H156O17P2/c1-6-9-12-15-18-21-24-26-27-28-29-30-33-37-41-46-51-56-61-66-80(85)97-76(70-91-78(83)64-59-54-49-44-40-36-34-31-32-35-38-42-47-52-57-62-73(4)5)72-95-99(88,89)93-68-74(81)67-92-98(86,87)94-71-75(69-90-77(82)63-58-53-48-43-23-20-17-14-11-8-3)96-79(84)65-60-55-50-45-39-25-22-19-16-13-10-7-2/h73-76,81H,6-72H2,1-5H3,(H,86,87)(H,88,89)/t74-,75+,76+/m0/s1. The third kappa shape index (κ3) is 74.1. The molecule has 0 saturated carbocycles. The highest BCUT2D eigenvalue weighted by atomic mass is 31.2. The number of carbonyl (C=O) groups is 4. The van der Waals surface area contributed by atoms with Crippen molar-refractivity contribution in [3.8, 4) is 0 Å². The van der Waals surface area contributed by atoms with Crippen LogP contribution in [0.4, 0.5) is 0 Å². The first-order valence-corrected chi connectivity index (χ1v) is 44.6. The Morgan fingerprint density at radius 1 is 0.273 bits per heavy atom. The number of ether oxygens (including phenoxy) is 4. The van der Waals surface area contributed by atoms with Crippen LogP contribution < -0.4 is 0 Å². The number of carbonyl (C=O) groups excluding carboxylic acids is 4. The van der Waals surface area contributed by atoms with Crippen molar-refractivity contribution in [1.29, 1.82) is 0 Å². The fraction of sp³-hybridized carbons (Fsp3) is 0.950. The molecule has 0 heterocycles. The number of phosphoric acid groups is 2. The molecule has 588 valence electrons. The van der Waals surface area contributed by atoms with Crippen LogP contribution in [0.2, 0.25) is 0 Å². The van der Waals surface area contributed by atoms with Gasteiger partial charge in [0.05, 0.1) is 26.4 Å². The Bertz CT molecular complexity index is 1890. The number of unbranched alkanes of at least 4 members (excludes halogenated alkanes) is 52. The number of rotatable bonds is 80. The minimum Gasteiger partial charge on any atom is -0.462 e. The molecule has 5 atom stereocenters. The molecule has 0 spiro atoms. The Hall–Kier alpha value is -1.94. The molecular weight excluding hydrogens is 1290 g/mol. The second-order valence-corrected chi connectivity index (χ2v) is 32.2. The molecule has 0 saturated heterocycles. The molecule has 0 radical (unpaired) electrons. The van der Waals surface area contributed by atoms with Crippen LogP contribution in [-0.2, 0) is 65.4 Å². The maximum absolute atomic E-state index is 13.1. The van der Waals surface area contributed by atoms with Crippen LogP contribution in [-0.4, -0.2) is 96.7 Å². The van der Waals surface area contributed by atoms with Crippen LogP contribution in [0.15, 0.2) is 0 Å². The van der Waals surface area contributed by atoms with Gasteiger partial charge in [-0.3, -0.25) is 37.3 Å². The number of phosphoric ester groups is 2. The second kappa shape index (κ2) is 73.0. The van der Waals surface area contributed by atoms with Crippen LogP contribution in [0.25, 0.3) is 0 Å². The van der Waals surface area contributed by atoms with Crippen LogP contribution in [0.3, 0.4) is 0 Å². The van der Waals surface area contributed by atoms with E-state index >= 15 is 0 Å². The molecule has 0 amide bonds. The quantitative estimate of drug-likeness (QED) is 0.0222. The minimum atomic E-state index is -4.96. The Kier molecular flexibility index (Phi) is 71.6. The smallest absolute Gasteiger partial charge is 0.462 e. The average molecular weight is 1450 g/mol. The molecule has 0 bridgehead atoms. The van der Waals surface area contributed by atoms with Crippen molar-refractivity contribution < 1.29 is 80.2 Å². The van der Waals surface area contributed by atoms with Gasteiger partial charge in [0.25, 0.3) is 0 Å². The first-order chi connectivity index (χ1) is 48.0. The van der Waals surface area contributed by atoms with Gasteiger partial charge in [0.15, 0.2) is 12.2 Å². The molecule has 19 heteroatoms. The summed E-state index contributed by atoms with van der Waals surface area (Å²) in [5.74, 6) is -1.30. The predicted octanol–water partition coefficient (Wildman–Crippen LogP) is 24.0. The lowest BCUT2D eigenvalue weighted by Crippen LogP contribution is -2.30. The lowest BCUT2D eigenvalue weighted by atomic mass is 10.0.